The van der Waals surface area contributed by atoms with Crippen LogP contribution in [0.25, 0.3) is 0 Å². The minimum Gasteiger partial charge on any atom is -0.493 e. The molecule has 0 saturated carbocycles. The van der Waals surface area contributed by atoms with Crippen LogP contribution in [0.5, 0.6) is 11.5 Å². The molecule has 0 bridgehead atoms. The number of carbonyl (C=O) groups is 1. The third kappa shape index (κ3) is 5.92. The molecule has 0 aromatic heterocycles. The Bertz CT molecular complexity index is 542. The van der Waals surface area contributed by atoms with Crippen LogP contribution in [-0.4, -0.2) is 32.7 Å². The van der Waals surface area contributed by atoms with E-state index in [9.17, 15) is 4.79 Å². The Balaban J connectivity index is 1.94. The molecule has 0 spiro atoms. The summed E-state index contributed by atoms with van der Waals surface area (Å²) in [4.78, 5) is 12.4. The fourth-order valence-corrected chi connectivity index (χ4v) is 3.10. The normalized spacial score (nSPS) is 18.4. The van der Waals surface area contributed by atoms with Crippen LogP contribution in [0.3, 0.4) is 0 Å². The number of carbonyl (C=O) groups excluding carboxylic acids is 1. The average Bonchev–Trinajstić information content (AvgIpc) is 2.65. The molecule has 140 valence electrons. The maximum Gasteiger partial charge on any atom is 0.224 e. The minimum absolute atomic E-state index is 0.0579. The van der Waals surface area contributed by atoms with Gasteiger partial charge in [-0.05, 0) is 50.4 Å². The lowest BCUT2D eigenvalue weighted by Crippen LogP contribution is -2.41. The van der Waals surface area contributed by atoms with Crippen LogP contribution in [0.1, 0.15) is 57.6 Å². The van der Waals surface area contributed by atoms with Crippen molar-refractivity contribution in [1.29, 1.82) is 0 Å². The predicted molar refractivity (Wildman–Crippen MR) is 100 cm³/mol. The zero-order valence-corrected chi connectivity index (χ0v) is 15.8. The van der Waals surface area contributed by atoms with Gasteiger partial charge in [0.25, 0.3) is 0 Å². The monoisotopic (exact) mass is 348 g/mol. The molecule has 0 radical (unpaired) electrons. The number of hydrogen-bond acceptors (Lipinski definition) is 4. The number of amides is 1. The van der Waals surface area contributed by atoms with Gasteiger partial charge in [-0.3, -0.25) is 4.79 Å². The van der Waals surface area contributed by atoms with E-state index in [1.807, 2.05) is 25.1 Å². The molecule has 1 aromatic carbocycles. The van der Waals surface area contributed by atoms with Crippen molar-refractivity contribution in [3.63, 3.8) is 0 Å². The smallest absolute Gasteiger partial charge is 0.224 e. The third-order valence-corrected chi connectivity index (χ3v) is 4.72. The molecule has 2 N–H and O–H groups in total. The number of methoxy groups -OCH3 is 1. The van der Waals surface area contributed by atoms with Crippen LogP contribution in [0.15, 0.2) is 18.2 Å². The van der Waals surface area contributed by atoms with Crippen LogP contribution in [-0.2, 0) is 4.79 Å². The van der Waals surface area contributed by atoms with E-state index < -0.39 is 0 Å². The summed E-state index contributed by atoms with van der Waals surface area (Å²) in [6, 6.07) is 5.84. The van der Waals surface area contributed by atoms with Crippen LogP contribution < -0.4 is 20.1 Å². The molecule has 1 fully saturated rings. The zero-order valence-electron chi connectivity index (χ0n) is 15.8. The summed E-state index contributed by atoms with van der Waals surface area (Å²) >= 11 is 0. The van der Waals surface area contributed by atoms with Gasteiger partial charge in [-0.15, -0.1) is 0 Å². The first-order chi connectivity index (χ1) is 12.2. The molecule has 2 atom stereocenters. The Morgan fingerprint density at radius 3 is 2.88 bits per heavy atom. The number of piperidine rings is 1. The molecule has 2 unspecified atom stereocenters. The molecule has 1 saturated heterocycles. The van der Waals surface area contributed by atoms with Crippen molar-refractivity contribution in [2.45, 2.75) is 52.0 Å². The Morgan fingerprint density at radius 1 is 1.36 bits per heavy atom. The summed E-state index contributed by atoms with van der Waals surface area (Å²) in [6.07, 6.45) is 5.40. The van der Waals surface area contributed by atoms with Gasteiger partial charge in [-0.2, -0.15) is 0 Å². The number of nitrogens with one attached hydrogen (secondary N) is 2. The number of unbranched alkanes of at least 4 members (excludes halogenated alkanes) is 2. The van der Waals surface area contributed by atoms with E-state index in [0.29, 0.717) is 6.61 Å². The van der Waals surface area contributed by atoms with Crippen molar-refractivity contribution >= 4 is 5.91 Å². The van der Waals surface area contributed by atoms with Crippen LogP contribution in [0.2, 0.25) is 0 Å². The first-order valence-electron chi connectivity index (χ1n) is 9.47. The minimum atomic E-state index is -0.0579. The van der Waals surface area contributed by atoms with E-state index in [-0.39, 0.29) is 17.9 Å². The van der Waals surface area contributed by atoms with Crippen molar-refractivity contribution in [2.75, 3.05) is 26.8 Å². The lowest BCUT2D eigenvalue weighted by Gasteiger charge is -2.24. The average molecular weight is 348 g/mol. The third-order valence-electron chi connectivity index (χ3n) is 4.72. The molecule has 1 aromatic rings. The molecular weight excluding hydrogens is 316 g/mol. The fraction of sp³-hybridized carbons (Fsp3) is 0.650. The quantitative estimate of drug-likeness (QED) is 0.671. The lowest BCUT2D eigenvalue weighted by molar-refractivity contribution is -0.126. The molecule has 1 amide bonds. The number of rotatable bonds is 9. The number of benzene rings is 1. The van der Waals surface area contributed by atoms with Gasteiger partial charge >= 0.3 is 0 Å². The maximum atomic E-state index is 12.4. The van der Waals surface area contributed by atoms with Crippen LogP contribution in [0.4, 0.5) is 0 Å². The Labute approximate surface area is 151 Å². The summed E-state index contributed by atoms with van der Waals surface area (Å²) in [5.74, 6) is 1.67. The maximum absolute atomic E-state index is 12.4. The fourth-order valence-electron chi connectivity index (χ4n) is 3.10. The molecule has 1 aliphatic rings. The van der Waals surface area contributed by atoms with E-state index in [2.05, 4.69) is 17.6 Å². The molecule has 0 aliphatic carbocycles. The van der Waals surface area contributed by atoms with E-state index in [1.165, 1.54) is 12.8 Å². The molecule has 25 heavy (non-hydrogen) atoms. The van der Waals surface area contributed by atoms with Gasteiger partial charge in [-0.1, -0.05) is 25.8 Å². The Kier molecular flexibility index (Phi) is 8.06. The van der Waals surface area contributed by atoms with E-state index in [1.54, 1.807) is 7.11 Å². The van der Waals surface area contributed by atoms with Gasteiger partial charge in [0, 0.05) is 6.54 Å². The summed E-state index contributed by atoms with van der Waals surface area (Å²) < 4.78 is 11.3. The van der Waals surface area contributed by atoms with Crippen molar-refractivity contribution in [1.82, 2.24) is 10.6 Å². The topological polar surface area (TPSA) is 59.6 Å². The van der Waals surface area contributed by atoms with Crippen molar-refractivity contribution in [2.24, 2.45) is 5.92 Å². The lowest BCUT2D eigenvalue weighted by atomic mass is 9.98. The Hall–Kier alpha value is -1.75. The number of ether oxygens (including phenoxy) is 2. The van der Waals surface area contributed by atoms with Gasteiger partial charge < -0.3 is 20.1 Å². The zero-order chi connectivity index (χ0) is 18.1. The highest BCUT2D eigenvalue weighted by Crippen LogP contribution is 2.30. The second kappa shape index (κ2) is 10.3. The molecule has 1 aliphatic heterocycles. The largest absolute Gasteiger partial charge is 0.493 e. The van der Waals surface area contributed by atoms with Gasteiger partial charge in [0.1, 0.15) is 0 Å². The molecular formula is C20H32N2O3. The van der Waals surface area contributed by atoms with Crippen LogP contribution in [0, 0.1) is 5.92 Å². The predicted octanol–water partition coefficient (Wildman–Crippen LogP) is 3.44. The Morgan fingerprint density at radius 2 is 2.20 bits per heavy atom. The SMILES string of the molecule is CCCCCOc1ccc(C(C)NC(=O)C2CCCNC2)cc1OC. The van der Waals surface area contributed by atoms with Gasteiger partial charge in [0.05, 0.1) is 25.7 Å². The first kappa shape index (κ1) is 19.6. The van der Waals surface area contributed by atoms with Gasteiger partial charge in [0.2, 0.25) is 5.91 Å². The molecule has 5 nitrogen and oxygen atoms in total. The number of hydrogen-bond donors (Lipinski definition) is 2. The van der Waals surface area contributed by atoms with E-state index in [0.717, 1.165) is 49.4 Å². The summed E-state index contributed by atoms with van der Waals surface area (Å²) in [5, 5.41) is 6.41. The summed E-state index contributed by atoms with van der Waals surface area (Å²) in [7, 11) is 1.65. The van der Waals surface area contributed by atoms with E-state index in [4.69, 9.17) is 9.47 Å². The summed E-state index contributed by atoms with van der Waals surface area (Å²) in [6.45, 7) is 6.66. The second-order valence-electron chi connectivity index (χ2n) is 6.74. The molecule has 5 heteroatoms. The summed E-state index contributed by atoms with van der Waals surface area (Å²) in [5.41, 5.74) is 1.02. The van der Waals surface area contributed by atoms with Crippen molar-refractivity contribution in [3.05, 3.63) is 23.8 Å². The molecule has 2 rings (SSSR count). The standard InChI is InChI=1S/C20H32N2O3/c1-4-5-6-12-25-18-10-9-16(13-19(18)24-3)15(2)22-20(23)17-8-7-11-21-14-17/h9-10,13,15,17,21H,4-8,11-12,14H2,1-3H3,(H,22,23). The highest BCUT2D eigenvalue weighted by atomic mass is 16.5. The van der Waals surface area contributed by atoms with E-state index >= 15 is 0 Å². The first-order valence-corrected chi connectivity index (χ1v) is 9.47. The highest BCUT2D eigenvalue weighted by molar-refractivity contribution is 5.79. The van der Waals surface area contributed by atoms with Crippen molar-refractivity contribution < 1.29 is 14.3 Å². The van der Waals surface area contributed by atoms with Crippen molar-refractivity contribution in [3.8, 4) is 11.5 Å². The second-order valence-corrected chi connectivity index (χ2v) is 6.74. The molecule has 1 heterocycles. The highest BCUT2D eigenvalue weighted by Gasteiger charge is 2.22. The van der Waals surface area contributed by atoms with Gasteiger partial charge in [-0.25, -0.2) is 0 Å². The van der Waals surface area contributed by atoms with Crippen LogP contribution >= 0.6 is 0 Å². The van der Waals surface area contributed by atoms with Gasteiger partial charge in [0.15, 0.2) is 11.5 Å².